The summed E-state index contributed by atoms with van der Waals surface area (Å²) >= 11 is 1.69. The van der Waals surface area contributed by atoms with Gasteiger partial charge in [-0.3, -0.25) is 5.41 Å². The quantitative estimate of drug-likeness (QED) is 0.438. The number of thioether (sulfide) groups is 1. The Morgan fingerprint density at radius 3 is 2.90 bits per heavy atom. The lowest BCUT2D eigenvalue weighted by molar-refractivity contribution is -0.0421. The van der Waals surface area contributed by atoms with Crippen molar-refractivity contribution >= 4 is 23.3 Å². The summed E-state index contributed by atoms with van der Waals surface area (Å²) in [5.41, 5.74) is 7.56. The van der Waals surface area contributed by atoms with Gasteiger partial charge in [0.25, 0.3) is 0 Å². The van der Waals surface area contributed by atoms with Crippen molar-refractivity contribution in [2.24, 2.45) is 5.73 Å². The summed E-state index contributed by atoms with van der Waals surface area (Å²) in [6.07, 6.45) is -0.158. The minimum absolute atomic E-state index is 0.000352. The maximum atomic E-state index is 9.37. The van der Waals surface area contributed by atoms with Gasteiger partial charge in [0.15, 0.2) is 0 Å². The van der Waals surface area contributed by atoms with Gasteiger partial charge in [-0.05, 0) is 24.8 Å². The van der Waals surface area contributed by atoms with Gasteiger partial charge in [-0.1, -0.05) is 13.0 Å². The Bertz CT molecular complexity index is 510. The van der Waals surface area contributed by atoms with Gasteiger partial charge in [-0.2, -0.15) is 0 Å². The van der Waals surface area contributed by atoms with Crippen LogP contribution in [0.1, 0.15) is 19.4 Å². The molecule has 4 N–H and O–H groups in total. The van der Waals surface area contributed by atoms with Gasteiger partial charge in [-0.15, -0.1) is 11.8 Å². The number of aliphatic hydroxyl groups excluding tert-OH is 1. The van der Waals surface area contributed by atoms with Gasteiger partial charge >= 0.3 is 0 Å². The summed E-state index contributed by atoms with van der Waals surface area (Å²) in [7, 11) is 0. The molecule has 2 atom stereocenters. The fourth-order valence-electron chi connectivity index (χ4n) is 2.67. The third-order valence-electron chi connectivity index (χ3n) is 3.44. The lowest BCUT2D eigenvalue weighted by Gasteiger charge is -2.38. The molecule has 0 bridgehead atoms. The van der Waals surface area contributed by atoms with E-state index in [1.165, 1.54) is 0 Å². The fourth-order valence-corrected chi connectivity index (χ4v) is 3.52. The molecule has 1 aromatic rings. The topological polar surface area (TPSA) is 82.6 Å². The zero-order valence-corrected chi connectivity index (χ0v) is 13.3. The molecule has 0 saturated carbocycles. The molecule has 1 aromatic carbocycles. The molecule has 1 aliphatic heterocycles. The number of hydrogen-bond acceptors (Lipinski definition) is 5. The molecule has 0 spiro atoms. The van der Waals surface area contributed by atoms with E-state index in [-0.39, 0.29) is 24.7 Å². The summed E-state index contributed by atoms with van der Waals surface area (Å²) in [6.45, 7) is 5.42. The van der Waals surface area contributed by atoms with Crippen molar-refractivity contribution < 1.29 is 9.84 Å². The zero-order chi connectivity index (χ0) is 15.4. The largest absolute Gasteiger partial charge is 0.394 e. The Morgan fingerprint density at radius 2 is 2.29 bits per heavy atom. The highest BCUT2D eigenvalue weighted by atomic mass is 32.2. The molecule has 1 fully saturated rings. The molecule has 1 heterocycles. The minimum Gasteiger partial charge on any atom is -0.394 e. The van der Waals surface area contributed by atoms with Crippen molar-refractivity contribution in [1.29, 1.82) is 5.41 Å². The lowest BCUT2D eigenvalue weighted by atomic mass is 10.1. The van der Waals surface area contributed by atoms with E-state index in [0.29, 0.717) is 6.54 Å². The molecule has 2 rings (SSSR count). The predicted molar refractivity (Wildman–Crippen MR) is 87.5 cm³/mol. The van der Waals surface area contributed by atoms with E-state index >= 15 is 0 Å². The van der Waals surface area contributed by atoms with Crippen LogP contribution in [0, 0.1) is 5.41 Å². The third kappa shape index (κ3) is 3.70. The van der Waals surface area contributed by atoms with E-state index in [4.69, 9.17) is 15.9 Å². The molecule has 5 nitrogen and oxygen atoms in total. The molecule has 116 valence electrons. The van der Waals surface area contributed by atoms with Crippen molar-refractivity contribution in [3.63, 3.8) is 0 Å². The highest BCUT2D eigenvalue weighted by Gasteiger charge is 2.27. The first-order valence-electron chi connectivity index (χ1n) is 7.18. The summed E-state index contributed by atoms with van der Waals surface area (Å²) in [6, 6.07) is 5.98. The number of rotatable bonds is 5. The molecular weight excluding hydrogens is 286 g/mol. The first-order valence-corrected chi connectivity index (χ1v) is 8.16. The average Bonchev–Trinajstić information content (AvgIpc) is 2.46. The van der Waals surface area contributed by atoms with Crippen LogP contribution in [-0.4, -0.2) is 48.6 Å². The highest BCUT2D eigenvalue weighted by Crippen LogP contribution is 2.32. The molecule has 0 amide bonds. The zero-order valence-electron chi connectivity index (χ0n) is 12.5. The average molecular weight is 309 g/mol. The van der Waals surface area contributed by atoms with E-state index < -0.39 is 0 Å². The van der Waals surface area contributed by atoms with Crippen LogP contribution >= 0.6 is 11.8 Å². The van der Waals surface area contributed by atoms with Gasteiger partial charge < -0.3 is 20.5 Å². The van der Waals surface area contributed by atoms with Crippen molar-refractivity contribution in [3.8, 4) is 0 Å². The number of ether oxygens (including phenoxy) is 1. The lowest BCUT2D eigenvalue weighted by Crippen LogP contribution is -2.48. The standard InChI is InChI=1S/C15H23N3O2S/c1-3-21-13-6-4-5-12(14(13)15(16)17)18-7-10(2)20-11(8-18)9-19/h4-6,10-11,19H,3,7-9H2,1-2H3,(H3,16,17). The molecule has 2 unspecified atom stereocenters. The Morgan fingerprint density at radius 1 is 1.52 bits per heavy atom. The number of hydrogen-bond donors (Lipinski definition) is 3. The number of nitrogens with one attached hydrogen (secondary N) is 1. The van der Waals surface area contributed by atoms with Crippen molar-refractivity contribution in [2.75, 3.05) is 30.3 Å². The number of anilines is 1. The second-order valence-electron chi connectivity index (χ2n) is 5.15. The predicted octanol–water partition coefficient (Wildman–Crippen LogP) is 1.67. The molecule has 0 aromatic heterocycles. The monoisotopic (exact) mass is 309 g/mol. The number of nitrogens with zero attached hydrogens (tertiary/aromatic N) is 1. The molecule has 21 heavy (non-hydrogen) atoms. The van der Waals surface area contributed by atoms with Crippen LogP contribution in [0.4, 0.5) is 5.69 Å². The first kappa shape index (κ1) is 16.1. The number of benzene rings is 1. The van der Waals surface area contributed by atoms with Gasteiger partial charge in [0, 0.05) is 23.7 Å². The fraction of sp³-hybridized carbons (Fsp3) is 0.533. The maximum Gasteiger partial charge on any atom is 0.126 e. The normalized spacial score (nSPS) is 22.3. The summed E-state index contributed by atoms with van der Waals surface area (Å²) in [5, 5.41) is 17.3. The van der Waals surface area contributed by atoms with Crippen LogP contribution in [0.15, 0.2) is 23.1 Å². The molecular formula is C15H23N3O2S. The van der Waals surface area contributed by atoms with Crippen LogP contribution < -0.4 is 10.6 Å². The Kier molecular flexibility index (Phi) is 5.50. The first-order chi connectivity index (χ1) is 10.1. The van der Waals surface area contributed by atoms with E-state index in [2.05, 4.69) is 11.8 Å². The molecule has 6 heteroatoms. The van der Waals surface area contributed by atoms with E-state index in [9.17, 15) is 5.11 Å². The van der Waals surface area contributed by atoms with Crippen LogP contribution in [0.3, 0.4) is 0 Å². The van der Waals surface area contributed by atoms with Crippen molar-refractivity contribution in [2.45, 2.75) is 31.0 Å². The summed E-state index contributed by atoms with van der Waals surface area (Å²) in [5.74, 6) is 1.02. The van der Waals surface area contributed by atoms with Crippen molar-refractivity contribution in [3.05, 3.63) is 23.8 Å². The molecule has 0 aliphatic carbocycles. The maximum absolute atomic E-state index is 9.37. The summed E-state index contributed by atoms with van der Waals surface area (Å²) < 4.78 is 5.68. The summed E-state index contributed by atoms with van der Waals surface area (Å²) in [4.78, 5) is 3.19. The number of amidine groups is 1. The van der Waals surface area contributed by atoms with Crippen LogP contribution in [-0.2, 0) is 4.74 Å². The Hall–Kier alpha value is -1.24. The SMILES string of the molecule is CCSc1cccc(N2CC(C)OC(CO)C2)c1C(=N)N. The number of nitrogen functional groups attached to an aromatic ring is 1. The number of morpholine rings is 1. The van der Waals surface area contributed by atoms with Gasteiger partial charge in [-0.25, -0.2) is 0 Å². The van der Waals surface area contributed by atoms with Crippen LogP contribution in [0.25, 0.3) is 0 Å². The van der Waals surface area contributed by atoms with Gasteiger partial charge in [0.1, 0.15) is 5.84 Å². The smallest absolute Gasteiger partial charge is 0.126 e. The second-order valence-corrected chi connectivity index (χ2v) is 6.46. The number of aliphatic hydroxyl groups is 1. The number of nitrogens with two attached hydrogens (primary N) is 1. The van der Waals surface area contributed by atoms with E-state index in [1.54, 1.807) is 11.8 Å². The minimum atomic E-state index is -0.198. The van der Waals surface area contributed by atoms with Gasteiger partial charge in [0.2, 0.25) is 0 Å². The van der Waals surface area contributed by atoms with Gasteiger partial charge in [0.05, 0.1) is 24.4 Å². The third-order valence-corrected chi connectivity index (χ3v) is 4.38. The van der Waals surface area contributed by atoms with Crippen molar-refractivity contribution in [1.82, 2.24) is 0 Å². The highest BCUT2D eigenvalue weighted by molar-refractivity contribution is 7.99. The van der Waals surface area contributed by atoms with E-state index in [1.807, 2.05) is 25.1 Å². The van der Waals surface area contributed by atoms with Crippen LogP contribution in [0.5, 0.6) is 0 Å². The van der Waals surface area contributed by atoms with E-state index in [0.717, 1.165) is 28.4 Å². The second kappa shape index (κ2) is 7.15. The molecule has 0 radical (unpaired) electrons. The Labute approximate surface area is 130 Å². The molecule has 1 saturated heterocycles. The van der Waals surface area contributed by atoms with Crippen LogP contribution in [0.2, 0.25) is 0 Å². The molecule has 1 aliphatic rings. The Balaban J connectivity index is 2.38.